The molecule has 2 nitrogen and oxygen atoms in total. The minimum atomic E-state index is 0.274. The van der Waals surface area contributed by atoms with Crippen molar-refractivity contribution < 1.29 is 4.79 Å². The van der Waals surface area contributed by atoms with Crippen molar-refractivity contribution in [1.29, 1.82) is 0 Å². The van der Waals surface area contributed by atoms with E-state index in [1.807, 2.05) is 11.0 Å². The summed E-state index contributed by atoms with van der Waals surface area (Å²) in [7, 11) is 0. The van der Waals surface area contributed by atoms with Gasteiger partial charge in [0, 0.05) is 12.5 Å². The average molecular weight is 195 g/mol. The monoisotopic (exact) mass is 195 g/mol. The van der Waals surface area contributed by atoms with Gasteiger partial charge in [-0.15, -0.1) is 6.58 Å². The molecule has 0 saturated carbocycles. The van der Waals surface area contributed by atoms with Crippen LogP contribution in [0.2, 0.25) is 0 Å². The maximum absolute atomic E-state index is 11.9. The number of carbonyl (C=O) groups is 1. The zero-order valence-corrected chi connectivity index (χ0v) is 9.49. The van der Waals surface area contributed by atoms with Gasteiger partial charge in [-0.1, -0.05) is 19.9 Å². The summed E-state index contributed by atoms with van der Waals surface area (Å²) in [6.45, 7) is 10.1. The molecule has 0 spiro atoms. The van der Waals surface area contributed by atoms with Gasteiger partial charge in [-0.05, 0) is 25.7 Å². The molecule has 80 valence electrons. The van der Waals surface area contributed by atoms with Gasteiger partial charge in [0.1, 0.15) is 0 Å². The van der Waals surface area contributed by atoms with Crippen LogP contribution in [0, 0.1) is 5.92 Å². The van der Waals surface area contributed by atoms with Crippen LogP contribution in [0.3, 0.4) is 0 Å². The van der Waals surface area contributed by atoms with Gasteiger partial charge in [-0.3, -0.25) is 4.79 Å². The fourth-order valence-corrected chi connectivity index (χ4v) is 2.13. The van der Waals surface area contributed by atoms with Crippen molar-refractivity contribution in [2.45, 2.75) is 52.1 Å². The van der Waals surface area contributed by atoms with Gasteiger partial charge in [-0.25, -0.2) is 0 Å². The Balaban J connectivity index is 2.63. The van der Waals surface area contributed by atoms with Gasteiger partial charge in [-0.2, -0.15) is 0 Å². The molecule has 0 bridgehead atoms. The van der Waals surface area contributed by atoms with Gasteiger partial charge in [0.15, 0.2) is 0 Å². The first-order valence-electron chi connectivity index (χ1n) is 5.50. The van der Waals surface area contributed by atoms with Crippen LogP contribution in [0.1, 0.15) is 40.0 Å². The normalized spacial score (nSPS) is 27.0. The largest absolute Gasteiger partial charge is 0.334 e. The first kappa shape index (κ1) is 11.3. The fourth-order valence-electron chi connectivity index (χ4n) is 2.13. The van der Waals surface area contributed by atoms with E-state index in [1.165, 1.54) is 0 Å². The van der Waals surface area contributed by atoms with E-state index in [0.717, 1.165) is 12.8 Å². The lowest BCUT2D eigenvalue weighted by Crippen LogP contribution is -2.39. The quantitative estimate of drug-likeness (QED) is 0.634. The third kappa shape index (κ3) is 2.37. The molecule has 1 aliphatic heterocycles. The highest BCUT2D eigenvalue weighted by Crippen LogP contribution is 2.25. The van der Waals surface area contributed by atoms with Crippen molar-refractivity contribution in [3.63, 3.8) is 0 Å². The lowest BCUT2D eigenvalue weighted by Gasteiger charge is -2.27. The number of nitrogens with zero attached hydrogens (tertiary/aromatic N) is 1. The molecular weight excluding hydrogens is 174 g/mol. The van der Waals surface area contributed by atoms with Crippen molar-refractivity contribution >= 4 is 5.91 Å². The summed E-state index contributed by atoms with van der Waals surface area (Å²) >= 11 is 0. The van der Waals surface area contributed by atoms with Crippen molar-refractivity contribution in [1.82, 2.24) is 4.90 Å². The van der Waals surface area contributed by atoms with E-state index in [0.29, 0.717) is 18.4 Å². The minimum Gasteiger partial charge on any atom is -0.334 e. The van der Waals surface area contributed by atoms with Crippen LogP contribution in [0.15, 0.2) is 12.7 Å². The Bertz CT molecular complexity index is 222. The Kier molecular flexibility index (Phi) is 3.73. The number of hydrogen-bond donors (Lipinski definition) is 0. The third-order valence-corrected chi connectivity index (χ3v) is 2.86. The first-order chi connectivity index (χ1) is 6.56. The predicted molar refractivity (Wildman–Crippen MR) is 59.0 cm³/mol. The van der Waals surface area contributed by atoms with Gasteiger partial charge >= 0.3 is 0 Å². The molecule has 1 fully saturated rings. The predicted octanol–water partition coefficient (Wildman–Crippen LogP) is 2.60. The van der Waals surface area contributed by atoms with Gasteiger partial charge < -0.3 is 4.90 Å². The standard InChI is InChI=1S/C12H21NO/c1-5-11-7-6-10(4)13(11)12(14)8-9(2)3/h5,9-11H,1,6-8H2,2-4H3/t10-,11-/m1/s1. The van der Waals surface area contributed by atoms with Crippen LogP contribution in [0.25, 0.3) is 0 Å². The van der Waals surface area contributed by atoms with Crippen molar-refractivity contribution in [2.75, 3.05) is 0 Å². The zero-order chi connectivity index (χ0) is 10.7. The molecule has 1 amide bonds. The van der Waals surface area contributed by atoms with Crippen LogP contribution in [0.4, 0.5) is 0 Å². The SMILES string of the molecule is C=C[C@@H]1CC[C@@H](C)N1C(=O)CC(C)C. The Morgan fingerprint density at radius 1 is 1.57 bits per heavy atom. The maximum Gasteiger partial charge on any atom is 0.223 e. The van der Waals surface area contributed by atoms with Gasteiger partial charge in [0.25, 0.3) is 0 Å². The Labute approximate surface area is 87.0 Å². The summed E-state index contributed by atoms with van der Waals surface area (Å²) in [5.41, 5.74) is 0. The van der Waals surface area contributed by atoms with Crippen LogP contribution in [0.5, 0.6) is 0 Å². The number of rotatable bonds is 3. The van der Waals surface area contributed by atoms with E-state index < -0.39 is 0 Å². The van der Waals surface area contributed by atoms with Crippen LogP contribution >= 0.6 is 0 Å². The molecule has 0 aromatic rings. The second kappa shape index (κ2) is 4.63. The summed E-state index contributed by atoms with van der Waals surface area (Å²) in [6, 6.07) is 0.667. The summed E-state index contributed by atoms with van der Waals surface area (Å²) in [5.74, 6) is 0.732. The molecular formula is C12H21NO. The molecule has 1 saturated heterocycles. The van der Waals surface area contributed by atoms with Crippen LogP contribution in [-0.4, -0.2) is 22.9 Å². The molecule has 0 aliphatic carbocycles. The third-order valence-electron chi connectivity index (χ3n) is 2.86. The fraction of sp³-hybridized carbons (Fsp3) is 0.750. The van der Waals surface area contributed by atoms with Crippen molar-refractivity contribution in [3.05, 3.63) is 12.7 Å². The van der Waals surface area contributed by atoms with Gasteiger partial charge in [0.05, 0.1) is 6.04 Å². The Hall–Kier alpha value is -0.790. The molecule has 1 aliphatic rings. The molecule has 0 aromatic carbocycles. The number of carbonyl (C=O) groups excluding carboxylic acids is 1. The molecule has 0 N–H and O–H groups in total. The first-order valence-corrected chi connectivity index (χ1v) is 5.50. The average Bonchev–Trinajstić information content (AvgIpc) is 2.45. The molecule has 2 atom stereocenters. The minimum absolute atomic E-state index is 0.274. The van der Waals surface area contributed by atoms with Crippen molar-refractivity contribution in [2.24, 2.45) is 5.92 Å². The second-order valence-electron chi connectivity index (χ2n) is 4.63. The smallest absolute Gasteiger partial charge is 0.223 e. The highest BCUT2D eigenvalue weighted by atomic mass is 16.2. The Morgan fingerprint density at radius 2 is 2.21 bits per heavy atom. The van der Waals surface area contributed by atoms with E-state index >= 15 is 0 Å². The zero-order valence-electron chi connectivity index (χ0n) is 9.49. The molecule has 1 heterocycles. The van der Waals surface area contributed by atoms with E-state index in [2.05, 4.69) is 27.4 Å². The lowest BCUT2D eigenvalue weighted by molar-refractivity contribution is -0.133. The van der Waals surface area contributed by atoms with E-state index in [4.69, 9.17) is 0 Å². The molecule has 1 rings (SSSR count). The molecule has 0 radical (unpaired) electrons. The van der Waals surface area contributed by atoms with Gasteiger partial charge in [0.2, 0.25) is 5.91 Å². The number of amides is 1. The van der Waals surface area contributed by atoms with Crippen molar-refractivity contribution in [3.8, 4) is 0 Å². The number of likely N-dealkylation sites (tertiary alicyclic amines) is 1. The Morgan fingerprint density at radius 3 is 2.71 bits per heavy atom. The summed E-state index contributed by atoms with van der Waals surface area (Å²) in [6.07, 6.45) is 4.76. The summed E-state index contributed by atoms with van der Waals surface area (Å²) in [5, 5.41) is 0. The highest BCUT2D eigenvalue weighted by Gasteiger charge is 2.32. The van der Waals surface area contributed by atoms with E-state index in [9.17, 15) is 4.79 Å². The van der Waals surface area contributed by atoms with Crippen LogP contribution in [-0.2, 0) is 4.79 Å². The topological polar surface area (TPSA) is 20.3 Å². The molecule has 14 heavy (non-hydrogen) atoms. The van der Waals surface area contributed by atoms with E-state index in [1.54, 1.807) is 0 Å². The van der Waals surface area contributed by atoms with E-state index in [-0.39, 0.29) is 11.9 Å². The highest BCUT2D eigenvalue weighted by molar-refractivity contribution is 5.77. The second-order valence-corrected chi connectivity index (χ2v) is 4.63. The molecule has 0 aromatic heterocycles. The lowest BCUT2D eigenvalue weighted by atomic mass is 10.1. The number of hydrogen-bond acceptors (Lipinski definition) is 1. The maximum atomic E-state index is 11.9. The van der Waals surface area contributed by atoms with Crippen LogP contribution < -0.4 is 0 Å². The summed E-state index contributed by atoms with van der Waals surface area (Å²) in [4.78, 5) is 13.9. The molecule has 0 unspecified atom stereocenters. The summed E-state index contributed by atoms with van der Waals surface area (Å²) < 4.78 is 0. The molecule has 2 heteroatoms.